The van der Waals surface area contributed by atoms with E-state index in [0.717, 1.165) is 39.7 Å². The van der Waals surface area contributed by atoms with E-state index in [1.54, 1.807) is 22.9 Å². The molecule has 0 atom stereocenters. The van der Waals surface area contributed by atoms with Crippen LogP contribution in [-0.4, -0.2) is 32.0 Å². The lowest BCUT2D eigenvalue weighted by Crippen LogP contribution is -2.24. The van der Waals surface area contributed by atoms with Crippen molar-refractivity contribution >= 4 is 11.5 Å². The van der Waals surface area contributed by atoms with Crippen molar-refractivity contribution in [2.24, 2.45) is 0 Å². The van der Waals surface area contributed by atoms with Gasteiger partial charge in [0, 0.05) is 46.9 Å². The number of pyridine rings is 1. The summed E-state index contributed by atoms with van der Waals surface area (Å²) in [4.78, 5) is 6.33. The number of rotatable bonds is 2. The third-order valence-electron chi connectivity index (χ3n) is 5.59. The number of H-pyrrole nitrogens is 1. The van der Waals surface area contributed by atoms with Gasteiger partial charge in [-0.25, -0.2) is 4.68 Å². The molecule has 1 aromatic carbocycles. The lowest BCUT2D eigenvalue weighted by molar-refractivity contribution is -0.140. The van der Waals surface area contributed by atoms with Gasteiger partial charge >= 0.3 is 6.18 Å². The second-order valence-electron chi connectivity index (χ2n) is 7.83. The molecule has 1 N–H and O–H groups in total. The molecule has 4 aromatic rings. The molecule has 32 heavy (non-hydrogen) atoms. The third-order valence-corrected chi connectivity index (χ3v) is 5.59. The van der Waals surface area contributed by atoms with E-state index >= 15 is 0 Å². The highest BCUT2D eigenvalue weighted by Crippen LogP contribution is 2.41. The highest BCUT2D eigenvalue weighted by Gasteiger charge is 2.36. The van der Waals surface area contributed by atoms with Crippen LogP contribution in [0.5, 0.6) is 0 Å². The van der Waals surface area contributed by atoms with Gasteiger partial charge in [0.2, 0.25) is 0 Å². The normalized spacial score (nSPS) is 13.3. The Balaban J connectivity index is 1.69. The maximum absolute atomic E-state index is 13.4. The van der Waals surface area contributed by atoms with E-state index in [9.17, 15) is 13.2 Å². The number of aromatic nitrogens is 5. The second-order valence-corrected chi connectivity index (χ2v) is 7.83. The van der Waals surface area contributed by atoms with E-state index in [-0.39, 0.29) is 5.56 Å². The quantitative estimate of drug-likeness (QED) is 0.458. The summed E-state index contributed by atoms with van der Waals surface area (Å²) in [6.45, 7) is 8.01. The van der Waals surface area contributed by atoms with Crippen molar-refractivity contribution in [3.05, 3.63) is 71.8 Å². The Kier molecular flexibility index (Phi) is 4.27. The molecule has 0 bridgehead atoms. The Hall–Kier alpha value is -3.88. The number of hydrogen-bond donors (Lipinski definition) is 1. The molecule has 0 aliphatic carbocycles. The average molecular weight is 436 g/mol. The molecule has 0 spiro atoms. The highest BCUT2D eigenvalue weighted by molar-refractivity contribution is 5.88. The molecule has 5 rings (SSSR count). The summed E-state index contributed by atoms with van der Waals surface area (Å²) >= 11 is 0. The van der Waals surface area contributed by atoms with Gasteiger partial charge in [-0.1, -0.05) is 18.7 Å². The number of aryl methyl sites for hydroxylation is 2. The van der Waals surface area contributed by atoms with E-state index in [2.05, 4.69) is 21.8 Å². The zero-order chi connectivity index (χ0) is 22.8. The fourth-order valence-electron chi connectivity index (χ4n) is 4.07. The summed E-state index contributed by atoms with van der Waals surface area (Å²) in [5, 5.41) is 10.5. The number of nitrogens with one attached hydrogen (secondary N) is 1. The van der Waals surface area contributed by atoms with Gasteiger partial charge in [-0.05, 0) is 37.6 Å². The molecule has 0 saturated heterocycles. The van der Waals surface area contributed by atoms with Gasteiger partial charge in [-0.3, -0.25) is 10.1 Å². The van der Waals surface area contributed by atoms with Gasteiger partial charge in [-0.15, -0.1) is 0 Å². The van der Waals surface area contributed by atoms with Crippen molar-refractivity contribution < 1.29 is 13.2 Å². The maximum atomic E-state index is 13.4. The number of hydrogen-bond acceptors (Lipinski definition) is 4. The third kappa shape index (κ3) is 3.08. The first-order chi connectivity index (χ1) is 15.1. The minimum Gasteiger partial charge on any atom is -0.329 e. The predicted octanol–water partition coefficient (Wildman–Crippen LogP) is 5.38. The Morgan fingerprint density at radius 1 is 0.969 bits per heavy atom. The highest BCUT2D eigenvalue weighted by atomic mass is 19.4. The van der Waals surface area contributed by atoms with Crippen LogP contribution in [0.3, 0.4) is 0 Å². The van der Waals surface area contributed by atoms with Crippen LogP contribution in [0.1, 0.15) is 22.6 Å². The predicted molar refractivity (Wildman–Crippen MR) is 116 cm³/mol. The van der Waals surface area contributed by atoms with E-state index in [1.165, 1.54) is 6.20 Å². The molecule has 0 unspecified atom stereocenters. The first-order valence-corrected chi connectivity index (χ1v) is 9.87. The van der Waals surface area contributed by atoms with Crippen molar-refractivity contribution in [1.29, 1.82) is 0 Å². The SMILES string of the molecule is C=C1c2ccc(-c3cn[nH]c3C(F)(F)F)cc2-n2nc(-c3cc(C)nc(C)c3)cc2N1C. The smallest absolute Gasteiger partial charge is 0.329 e. The van der Waals surface area contributed by atoms with Crippen LogP contribution in [0.15, 0.2) is 49.2 Å². The summed E-state index contributed by atoms with van der Waals surface area (Å²) < 4.78 is 41.9. The van der Waals surface area contributed by atoms with Crippen LogP contribution < -0.4 is 4.90 Å². The molecule has 0 amide bonds. The molecule has 1 aliphatic rings. The molecule has 3 aromatic heterocycles. The van der Waals surface area contributed by atoms with Gasteiger partial charge in [-0.2, -0.15) is 23.4 Å². The average Bonchev–Trinajstić information content (AvgIpc) is 3.38. The van der Waals surface area contributed by atoms with Gasteiger partial charge < -0.3 is 4.90 Å². The fraction of sp³-hybridized carbons (Fsp3) is 0.174. The molecular weight excluding hydrogens is 417 g/mol. The van der Waals surface area contributed by atoms with E-state index < -0.39 is 11.9 Å². The van der Waals surface area contributed by atoms with Crippen molar-refractivity contribution in [3.8, 4) is 28.1 Å². The van der Waals surface area contributed by atoms with Gasteiger partial charge in [0.1, 0.15) is 11.5 Å². The summed E-state index contributed by atoms with van der Waals surface area (Å²) in [5.41, 5.74) is 5.09. The largest absolute Gasteiger partial charge is 0.433 e. The van der Waals surface area contributed by atoms with E-state index in [4.69, 9.17) is 5.10 Å². The Bertz CT molecular complexity index is 1360. The van der Waals surface area contributed by atoms with Crippen LogP contribution >= 0.6 is 0 Å². The lowest BCUT2D eigenvalue weighted by Gasteiger charge is -2.30. The number of nitrogens with zero attached hydrogens (tertiary/aromatic N) is 5. The standard InChI is InChI=1S/C23H19F3N6/c1-12-7-16(8-13(2)28-12)19-10-21-31(4)14(3)17-6-5-15(9-20(17)32(21)30-19)18-11-27-29-22(18)23(24,25)26/h5-11H,3H2,1-2,4H3,(H,27,29). The summed E-state index contributed by atoms with van der Waals surface area (Å²) in [6.07, 6.45) is -3.35. The number of benzene rings is 1. The number of aromatic amines is 1. The number of halogens is 3. The molecule has 1 aliphatic heterocycles. The summed E-state index contributed by atoms with van der Waals surface area (Å²) in [6, 6.07) is 10.9. The maximum Gasteiger partial charge on any atom is 0.433 e. The van der Waals surface area contributed by atoms with Crippen LogP contribution in [0.2, 0.25) is 0 Å². The van der Waals surface area contributed by atoms with Gasteiger partial charge in [0.25, 0.3) is 0 Å². The fourth-order valence-corrected chi connectivity index (χ4v) is 4.07. The minimum absolute atomic E-state index is 0.0147. The molecule has 0 fully saturated rings. The van der Waals surface area contributed by atoms with E-state index in [0.29, 0.717) is 11.3 Å². The monoisotopic (exact) mass is 436 g/mol. The van der Waals surface area contributed by atoms with Crippen molar-refractivity contribution in [1.82, 2.24) is 25.0 Å². The topological polar surface area (TPSA) is 62.6 Å². The molecule has 162 valence electrons. The molecule has 4 heterocycles. The van der Waals surface area contributed by atoms with Crippen molar-refractivity contribution in [3.63, 3.8) is 0 Å². The number of anilines is 1. The van der Waals surface area contributed by atoms with Gasteiger partial charge in [0.05, 0.1) is 17.6 Å². The molecule has 0 saturated carbocycles. The van der Waals surface area contributed by atoms with Crippen molar-refractivity contribution in [2.75, 3.05) is 11.9 Å². The van der Waals surface area contributed by atoms with Crippen LogP contribution in [0.25, 0.3) is 33.8 Å². The molecule has 6 nitrogen and oxygen atoms in total. The Morgan fingerprint density at radius 2 is 1.69 bits per heavy atom. The van der Waals surface area contributed by atoms with Crippen LogP contribution in [0, 0.1) is 13.8 Å². The lowest BCUT2D eigenvalue weighted by atomic mass is 10.00. The Morgan fingerprint density at radius 3 is 2.38 bits per heavy atom. The summed E-state index contributed by atoms with van der Waals surface area (Å²) in [5.74, 6) is 0.769. The molecular formula is C23H19F3N6. The first-order valence-electron chi connectivity index (χ1n) is 9.87. The van der Waals surface area contributed by atoms with Crippen LogP contribution in [0.4, 0.5) is 19.0 Å². The second kappa shape index (κ2) is 6.81. The summed E-state index contributed by atoms with van der Waals surface area (Å²) in [7, 11) is 1.89. The van der Waals surface area contributed by atoms with Crippen molar-refractivity contribution in [2.45, 2.75) is 20.0 Å². The minimum atomic E-state index is -4.54. The van der Waals surface area contributed by atoms with Gasteiger partial charge in [0.15, 0.2) is 0 Å². The number of alkyl halides is 3. The molecule has 0 radical (unpaired) electrons. The zero-order valence-corrected chi connectivity index (χ0v) is 17.6. The van der Waals surface area contributed by atoms with Crippen LogP contribution in [-0.2, 0) is 6.18 Å². The zero-order valence-electron chi connectivity index (χ0n) is 17.6. The first kappa shape index (κ1) is 20.0. The Labute approximate surface area is 182 Å². The van der Waals surface area contributed by atoms with E-state index in [1.807, 2.05) is 44.0 Å². The number of fused-ring (bicyclic) bond motifs is 3. The molecule has 9 heteroatoms.